The second kappa shape index (κ2) is 10.6. The molecule has 0 spiro atoms. The Kier molecular flexibility index (Phi) is 7.86. The average Bonchev–Trinajstić information content (AvgIpc) is 2.78. The molecule has 1 aliphatic rings. The smallest absolute Gasteiger partial charge is 0.260 e. The molecule has 168 valence electrons. The van der Waals surface area contributed by atoms with Crippen LogP contribution in [0.25, 0.3) is 0 Å². The lowest BCUT2D eigenvalue weighted by Crippen LogP contribution is -2.49. The van der Waals surface area contributed by atoms with Crippen LogP contribution in [0.5, 0.6) is 5.75 Å². The number of rotatable bonds is 9. The van der Waals surface area contributed by atoms with Crippen LogP contribution < -0.4 is 15.0 Å². The third-order valence-electron chi connectivity index (χ3n) is 5.13. The number of hydrogen-bond donors (Lipinski definition) is 1. The van der Waals surface area contributed by atoms with Crippen molar-refractivity contribution in [2.24, 2.45) is 0 Å². The molecule has 9 heteroatoms. The van der Waals surface area contributed by atoms with E-state index in [2.05, 4.69) is 5.32 Å². The number of para-hydroxylation sites is 1. The Hall–Kier alpha value is -2.65. The van der Waals surface area contributed by atoms with Crippen LogP contribution in [0.15, 0.2) is 54.6 Å². The summed E-state index contributed by atoms with van der Waals surface area (Å²) >= 11 is 0. The van der Waals surface area contributed by atoms with Crippen molar-refractivity contribution in [3.8, 4) is 5.75 Å². The zero-order chi connectivity index (χ0) is 22.3. The molecular weight excluding hydrogens is 421 g/mol. The molecule has 1 amide bonds. The van der Waals surface area contributed by atoms with Crippen LogP contribution in [0.3, 0.4) is 0 Å². The summed E-state index contributed by atoms with van der Waals surface area (Å²) < 4.78 is 45.3. The van der Waals surface area contributed by atoms with Gasteiger partial charge >= 0.3 is 0 Å². The van der Waals surface area contributed by atoms with Crippen molar-refractivity contribution in [3.05, 3.63) is 60.4 Å². The number of benzene rings is 2. The Morgan fingerprint density at radius 3 is 2.35 bits per heavy atom. The normalized spacial score (nSPS) is 16.0. The fraction of sp³-hybridized carbons (Fsp3) is 0.409. The highest BCUT2D eigenvalue weighted by Crippen LogP contribution is 2.18. The Morgan fingerprint density at radius 2 is 1.71 bits per heavy atom. The molecule has 3 rings (SSSR count). The number of anilines is 1. The van der Waals surface area contributed by atoms with Crippen LogP contribution in [-0.4, -0.2) is 63.2 Å². The Bertz CT molecular complexity index is 946. The summed E-state index contributed by atoms with van der Waals surface area (Å²) in [6.07, 6.45) is -0.344. The van der Waals surface area contributed by atoms with Gasteiger partial charge in [-0.05, 0) is 49.7 Å². The van der Waals surface area contributed by atoms with E-state index in [0.29, 0.717) is 38.3 Å². The number of nitrogens with zero attached hydrogens (tertiary/aromatic N) is 2. The van der Waals surface area contributed by atoms with Gasteiger partial charge in [-0.25, -0.2) is 12.8 Å². The topological polar surface area (TPSA) is 78.9 Å². The molecule has 2 aromatic carbocycles. The largest absolute Gasteiger partial charge is 0.481 e. The first-order valence-electron chi connectivity index (χ1n) is 10.3. The van der Waals surface area contributed by atoms with Crippen LogP contribution in [0, 0.1) is 5.82 Å². The average molecular weight is 450 g/mol. The lowest BCUT2D eigenvalue weighted by atomic mass is 10.2. The Labute approximate surface area is 182 Å². The maximum absolute atomic E-state index is 13.1. The molecule has 0 aromatic heterocycles. The van der Waals surface area contributed by atoms with Gasteiger partial charge in [0, 0.05) is 38.4 Å². The second-order valence-electron chi connectivity index (χ2n) is 7.40. The van der Waals surface area contributed by atoms with Gasteiger partial charge in [-0.15, -0.1) is 0 Å². The van der Waals surface area contributed by atoms with Gasteiger partial charge in [0.1, 0.15) is 11.6 Å². The van der Waals surface area contributed by atoms with E-state index in [1.165, 1.54) is 16.4 Å². The Morgan fingerprint density at radius 1 is 1.06 bits per heavy atom. The SMILES string of the molecule is CC(Oc1ccccc1)C(=O)NCCCS(=O)(=O)N1CCN(c2ccc(F)cc2)CC1. The highest BCUT2D eigenvalue weighted by molar-refractivity contribution is 7.89. The molecule has 1 aliphatic heterocycles. The van der Waals surface area contributed by atoms with E-state index in [1.807, 2.05) is 23.1 Å². The molecule has 31 heavy (non-hydrogen) atoms. The molecule has 0 radical (unpaired) electrons. The number of nitrogens with one attached hydrogen (secondary N) is 1. The highest BCUT2D eigenvalue weighted by atomic mass is 32.2. The van der Waals surface area contributed by atoms with Crippen LogP contribution >= 0.6 is 0 Å². The van der Waals surface area contributed by atoms with Crippen molar-refractivity contribution in [2.75, 3.05) is 43.4 Å². The van der Waals surface area contributed by atoms with Crippen LogP contribution in [0.4, 0.5) is 10.1 Å². The summed E-state index contributed by atoms with van der Waals surface area (Å²) in [5.41, 5.74) is 0.882. The van der Waals surface area contributed by atoms with Crippen LogP contribution in [-0.2, 0) is 14.8 Å². The molecule has 0 saturated carbocycles. The number of piperazine rings is 1. The number of sulfonamides is 1. The van der Waals surface area contributed by atoms with E-state index in [0.717, 1.165) is 5.69 Å². The molecule has 7 nitrogen and oxygen atoms in total. The molecule has 1 saturated heterocycles. The molecule has 1 unspecified atom stereocenters. The highest BCUT2D eigenvalue weighted by Gasteiger charge is 2.26. The fourth-order valence-corrected chi connectivity index (χ4v) is 4.86. The van der Waals surface area contributed by atoms with Gasteiger partial charge < -0.3 is 15.0 Å². The molecule has 1 heterocycles. The van der Waals surface area contributed by atoms with Gasteiger partial charge in [0.25, 0.3) is 5.91 Å². The summed E-state index contributed by atoms with van der Waals surface area (Å²) in [6, 6.07) is 15.2. The Balaban J connectivity index is 1.38. The second-order valence-corrected chi connectivity index (χ2v) is 9.48. The van der Waals surface area contributed by atoms with Gasteiger partial charge in [-0.2, -0.15) is 4.31 Å². The van der Waals surface area contributed by atoms with Gasteiger partial charge in [0.05, 0.1) is 5.75 Å². The zero-order valence-corrected chi connectivity index (χ0v) is 18.4. The van der Waals surface area contributed by atoms with Gasteiger partial charge in [-0.1, -0.05) is 18.2 Å². The quantitative estimate of drug-likeness (QED) is 0.594. The van der Waals surface area contributed by atoms with E-state index in [4.69, 9.17) is 4.74 Å². The maximum atomic E-state index is 13.1. The monoisotopic (exact) mass is 449 g/mol. The zero-order valence-electron chi connectivity index (χ0n) is 17.5. The van der Waals surface area contributed by atoms with Crippen molar-refractivity contribution in [1.29, 1.82) is 0 Å². The summed E-state index contributed by atoms with van der Waals surface area (Å²) in [5.74, 6) is -0.00246. The molecule has 1 N–H and O–H groups in total. The number of carbonyl (C=O) groups is 1. The van der Waals surface area contributed by atoms with Crippen molar-refractivity contribution in [3.63, 3.8) is 0 Å². The van der Waals surface area contributed by atoms with E-state index in [1.54, 1.807) is 31.2 Å². The van der Waals surface area contributed by atoms with Gasteiger partial charge in [-0.3, -0.25) is 4.79 Å². The number of hydrogen-bond acceptors (Lipinski definition) is 5. The third-order valence-corrected chi connectivity index (χ3v) is 7.08. The first-order chi connectivity index (χ1) is 14.8. The number of carbonyl (C=O) groups excluding carboxylic acids is 1. The summed E-state index contributed by atoms with van der Waals surface area (Å²) in [5, 5.41) is 2.73. The summed E-state index contributed by atoms with van der Waals surface area (Å²) in [4.78, 5) is 14.2. The van der Waals surface area contributed by atoms with E-state index >= 15 is 0 Å². The lowest BCUT2D eigenvalue weighted by Gasteiger charge is -2.35. The fourth-order valence-electron chi connectivity index (χ4n) is 3.37. The molecular formula is C22H28FN3O4S. The maximum Gasteiger partial charge on any atom is 0.260 e. The third kappa shape index (κ3) is 6.67. The minimum atomic E-state index is -3.40. The molecule has 1 atom stereocenters. The first kappa shape index (κ1) is 23.0. The van der Waals surface area contributed by atoms with E-state index < -0.39 is 16.1 Å². The van der Waals surface area contributed by atoms with Crippen molar-refractivity contribution in [1.82, 2.24) is 9.62 Å². The predicted octanol–water partition coefficient (Wildman–Crippen LogP) is 2.25. The number of amides is 1. The standard InChI is InChI=1S/C22H28FN3O4S/c1-18(30-21-6-3-2-4-7-21)22(27)24-12-5-17-31(28,29)26-15-13-25(14-16-26)20-10-8-19(23)9-11-20/h2-4,6-11,18H,5,12-17H2,1H3,(H,24,27). The predicted molar refractivity (Wildman–Crippen MR) is 118 cm³/mol. The van der Waals surface area contributed by atoms with Crippen molar-refractivity contribution >= 4 is 21.6 Å². The first-order valence-corrected chi connectivity index (χ1v) is 11.9. The number of halogens is 1. The lowest BCUT2D eigenvalue weighted by molar-refractivity contribution is -0.127. The number of ether oxygens (including phenoxy) is 1. The van der Waals surface area contributed by atoms with Crippen molar-refractivity contribution in [2.45, 2.75) is 19.4 Å². The van der Waals surface area contributed by atoms with Gasteiger partial charge in [0.2, 0.25) is 10.0 Å². The minimum Gasteiger partial charge on any atom is -0.481 e. The van der Waals surface area contributed by atoms with E-state index in [9.17, 15) is 17.6 Å². The molecule has 1 fully saturated rings. The van der Waals surface area contributed by atoms with Crippen molar-refractivity contribution < 1.29 is 22.3 Å². The molecule has 0 bridgehead atoms. The minimum absolute atomic E-state index is 0.0300. The van der Waals surface area contributed by atoms with Crippen LogP contribution in [0.2, 0.25) is 0 Å². The molecule has 2 aromatic rings. The van der Waals surface area contributed by atoms with Gasteiger partial charge in [0.15, 0.2) is 6.10 Å². The summed E-state index contributed by atoms with van der Waals surface area (Å²) in [7, 11) is -3.40. The van der Waals surface area contributed by atoms with Crippen LogP contribution in [0.1, 0.15) is 13.3 Å². The molecule has 0 aliphatic carbocycles. The summed E-state index contributed by atoms with van der Waals surface area (Å²) in [6.45, 7) is 3.78. The van der Waals surface area contributed by atoms with E-state index in [-0.39, 0.29) is 24.0 Å².